The van der Waals surface area contributed by atoms with Crippen LogP contribution in [0.25, 0.3) is 0 Å². The molecule has 2 aromatic rings. The van der Waals surface area contributed by atoms with E-state index in [0.29, 0.717) is 10.2 Å². The van der Waals surface area contributed by atoms with Gasteiger partial charge in [-0.15, -0.1) is 0 Å². The molecule has 1 aromatic heterocycles. The first-order chi connectivity index (χ1) is 8.04. The fraction of sp³-hybridized carbons (Fsp3) is 0.0909. The third-order valence-corrected chi connectivity index (χ3v) is 2.57. The van der Waals surface area contributed by atoms with Gasteiger partial charge in [0.2, 0.25) is 11.2 Å². The molecule has 0 spiro atoms. The van der Waals surface area contributed by atoms with Crippen molar-refractivity contribution in [1.82, 2.24) is 9.97 Å². The molecule has 0 saturated carbocycles. The Morgan fingerprint density at radius 2 is 2.06 bits per heavy atom. The van der Waals surface area contributed by atoms with Gasteiger partial charge >= 0.3 is 0 Å². The monoisotopic (exact) mass is 316 g/mol. The molecule has 17 heavy (non-hydrogen) atoms. The van der Waals surface area contributed by atoms with Gasteiger partial charge in [-0.2, -0.15) is 4.98 Å². The molecule has 1 heterocycles. The zero-order valence-electron chi connectivity index (χ0n) is 8.75. The molecule has 88 valence electrons. The van der Waals surface area contributed by atoms with Crippen LogP contribution < -0.4 is 4.74 Å². The molecule has 0 bridgehead atoms. The molecule has 0 aliphatic carbocycles. The van der Waals surface area contributed by atoms with Crippen molar-refractivity contribution in [3.63, 3.8) is 0 Å². The summed E-state index contributed by atoms with van der Waals surface area (Å²) in [6.07, 6.45) is 0. The van der Waals surface area contributed by atoms with Crippen molar-refractivity contribution in [2.24, 2.45) is 0 Å². The highest BCUT2D eigenvalue weighted by Crippen LogP contribution is 2.26. The van der Waals surface area contributed by atoms with Crippen molar-refractivity contribution in [3.8, 4) is 11.6 Å². The smallest absolute Gasteiger partial charge is 0.225 e. The molecule has 0 radical (unpaired) electrons. The lowest BCUT2D eigenvalue weighted by molar-refractivity contribution is 0.426. The number of hydrogen-bond acceptors (Lipinski definition) is 3. The predicted octanol–water partition coefficient (Wildman–Crippen LogP) is 4.13. The largest absolute Gasteiger partial charge is 0.436 e. The third kappa shape index (κ3) is 3.14. The van der Waals surface area contributed by atoms with Crippen molar-refractivity contribution in [1.29, 1.82) is 0 Å². The summed E-state index contributed by atoms with van der Waals surface area (Å²) >= 11 is 8.84. The summed E-state index contributed by atoms with van der Waals surface area (Å²) in [5, 5.41) is 0.0671. The molecule has 1 aromatic carbocycles. The molecule has 0 aliphatic rings. The van der Waals surface area contributed by atoms with Crippen molar-refractivity contribution >= 4 is 27.5 Å². The Labute approximate surface area is 111 Å². The number of aryl methyl sites for hydroxylation is 1. The van der Waals surface area contributed by atoms with Crippen LogP contribution in [-0.4, -0.2) is 9.97 Å². The van der Waals surface area contributed by atoms with E-state index in [1.807, 2.05) is 0 Å². The van der Waals surface area contributed by atoms with Crippen LogP contribution in [0.1, 0.15) is 5.69 Å². The lowest BCUT2D eigenvalue weighted by atomic mass is 10.3. The highest BCUT2D eigenvalue weighted by Gasteiger charge is 2.07. The number of halogens is 3. The Kier molecular flexibility index (Phi) is 3.59. The fourth-order valence-corrected chi connectivity index (χ4v) is 1.78. The van der Waals surface area contributed by atoms with E-state index in [2.05, 4.69) is 25.9 Å². The average Bonchev–Trinajstić information content (AvgIpc) is 2.21. The minimum absolute atomic E-state index is 0.0671. The first kappa shape index (κ1) is 12.3. The van der Waals surface area contributed by atoms with Crippen LogP contribution in [-0.2, 0) is 0 Å². The Balaban J connectivity index is 2.31. The zero-order valence-corrected chi connectivity index (χ0v) is 11.1. The van der Waals surface area contributed by atoms with E-state index < -0.39 is 5.82 Å². The Morgan fingerprint density at radius 1 is 1.29 bits per heavy atom. The van der Waals surface area contributed by atoms with E-state index in [9.17, 15) is 4.39 Å². The average molecular weight is 318 g/mol. The summed E-state index contributed by atoms with van der Waals surface area (Å²) in [4.78, 5) is 7.73. The molecule has 3 nitrogen and oxygen atoms in total. The maximum atomic E-state index is 13.5. The van der Waals surface area contributed by atoms with Gasteiger partial charge in [-0.3, -0.25) is 0 Å². The second kappa shape index (κ2) is 4.98. The number of ether oxygens (including phenoxy) is 1. The molecule has 0 N–H and O–H groups in total. The van der Waals surface area contributed by atoms with Gasteiger partial charge in [0.25, 0.3) is 0 Å². The van der Waals surface area contributed by atoms with Crippen molar-refractivity contribution < 1.29 is 9.13 Å². The maximum absolute atomic E-state index is 13.5. The predicted molar refractivity (Wildman–Crippen MR) is 66.0 cm³/mol. The summed E-state index contributed by atoms with van der Waals surface area (Å²) in [6.45, 7) is 1.75. The minimum Gasteiger partial charge on any atom is -0.436 e. The molecule has 0 fully saturated rings. The van der Waals surface area contributed by atoms with Gasteiger partial charge < -0.3 is 4.74 Å². The van der Waals surface area contributed by atoms with Crippen molar-refractivity contribution in [2.45, 2.75) is 6.92 Å². The van der Waals surface area contributed by atoms with E-state index in [-0.39, 0.29) is 16.9 Å². The normalized spacial score (nSPS) is 10.4. The number of benzene rings is 1. The number of nitrogens with zero attached hydrogens (tertiary/aromatic N) is 2. The summed E-state index contributed by atoms with van der Waals surface area (Å²) in [5.74, 6) is -0.183. The van der Waals surface area contributed by atoms with E-state index in [1.54, 1.807) is 19.1 Å². The minimum atomic E-state index is -0.480. The highest BCUT2D eigenvalue weighted by molar-refractivity contribution is 9.10. The van der Waals surface area contributed by atoms with E-state index >= 15 is 0 Å². The summed E-state index contributed by atoms with van der Waals surface area (Å²) < 4.78 is 19.4. The van der Waals surface area contributed by atoms with Crippen LogP contribution in [0.2, 0.25) is 5.28 Å². The molecule has 0 aliphatic heterocycles. The lowest BCUT2D eigenvalue weighted by Crippen LogP contribution is -1.94. The van der Waals surface area contributed by atoms with Crippen LogP contribution in [0, 0.1) is 12.7 Å². The Morgan fingerprint density at radius 3 is 2.71 bits per heavy atom. The van der Waals surface area contributed by atoms with Gasteiger partial charge in [-0.25, -0.2) is 9.37 Å². The van der Waals surface area contributed by atoms with Crippen LogP contribution in [0.4, 0.5) is 4.39 Å². The highest BCUT2D eigenvalue weighted by atomic mass is 79.9. The van der Waals surface area contributed by atoms with Gasteiger partial charge in [0, 0.05) is 16.2 Å². The van der Waals surface area contributed by atoms with Gasteiger partial charge in [-0.1, -0.05) is 15.9 Å². The van der Waals surface area contributed by atoms with Gasteiger partial charge in [0.15, 0.2) is 11.6 Å². The third-order valence-electron chi connectivity index (χ3n) is 1.91. The second-order valence-electron chi connectivity index (χ2n) is 3.29. The fourth-order valence-electron chi connectivity index (χ4n) is 1.23. The molecule has 2 rings (SSSR count). The van der Waals surface area contributed by atoms with Gasteiger partial charge in [-0.05, 0) is 36.7 Å². The zero-order chi connectivity index (χ0) is 12.4. The molecule has 0 saturated heterocycles. The Bertz CT molecular complexity index is 545. The van der Waals surface area contributed by atoms with Crippen LogP contribution in [0.5, 0.6) is 11.6 Å². The standard InChI is InChI=1S/C11H7BrClFN2O/c1-6-4-10(16-11(13)15-6)17-9-3-2-7(12)5-8(9)14/h2-5H,1H3. The molecular weight excluding hydrogens is 310 g/mol. The van der Waals surface area contributed by atoms with E-state index in [1.165, 1.54) is 12.1 Å². The number of hydrogen-bond donors (Lipinski definition) is 0. The van der Waals surface area contributed by atoms with Crippen LogP contribution in [0.3, 0.4) is 0 Å². The van der Waals surface area contributed by atoms with Gasteiger partial charge in [0.1, 0.15) is 0 Å². The lowest BCUT2D eigenvalue weighted by Gasteiger charge is -2.06. The molecular formula is C11H7BrClFN2O. The topological polar surface area (TPSA) is 35.0 Å². The maximum Gasteiger partial charge on any atom is 0.225 e. The SMILES string of the molecule is Cc1cc(Oc2ccc(Br)cc2F)nc(Cl)n1. The molecule has 6 heteroatoms. The second-order valence-corrected chi connectivity index (χ2v) is 4.55. The number of aromatic nitrogens is 2. The molecule has 0 atom stereocenters. The van der Waals surface area contributed by atoms with E-state index in [4.69, 9.17) is 16.3 Å². The molecule has 0 amide bonds. The summed E-state index contributed by atoms with van der Waals surface area (Å²) in [5.41, 5.74) is 0.650. The van der Waals surface area contributed by atoms with Crippen LogP contribution >= 0.6 is 27.5 Å². The summed E-state index contributed by atoms with van der Waals surface area (Å²) in [6, 6.07) is 6.07. The van der Waals surface area contributed by atoms with Gasteiger partial charge in [0.05, 0.1) is 0 Å². The molecule has 0 unspecified atom stereocenters. The quantitative estimate of drug-likeness (QED) is 0.781. The summed E-state index contributed by atoms with van der Waals surface area (Å²) in [7, 11) is 0. The van der Waals surface area contributed by atoms with Crippen molar-refractivity contribution in [3.05, 3.63) is 45.5 Å². The van der Waals surface area contributed by atoms with E-state index in [0.717, 1.165) is 0 Å². The Hall–Kier alpha value is -1.20. The van der Waals surface area contributed by atoms with Crippen molar-refractivity contribution in [2.75, 3.05) is 0 Å². The first-order valence-electron chi connectivity index (χ1n) is 4.69. The number of rotatable bonds is 2. The first-order valence-corrected chi connectivity index (χ1v) is 5.86. The van der Waals surface area contributed by atoms with Crippen LogP contribution in [0.15, 0.2) is 28.7 Å².